The maximum Gasteiger partial charge on any atom is 0.0538 e. The van der Waals surface area contributed by atoms with E-state index in [4.69, 9.17) is 0 Å². The van der Waals surface area contributed by atoms with E-state index in [0.29, 0.717) is 5.92 Å². The lowest BCUT2D eigenvalue weighted by molar-refractivity contribution is 0.126. The monoisotopic (exact) mass is 340 g/mol. The van der Waals surface area contributed by atoms with Gasteiger partial charge in [-0.05, 0) is 34.5 Å². The second-order valence-corrected chi connectivity index (χ2v) is 6.53. The quantitative estimate of drug-likeness (QED) is 0.862. The highest BCUT2D eigenvalue weighted by molar-refractivity contribution is 9.10. The van der Waals surface area contributed by atoms with E-state index >= 15 is 0 Å². The molecule has 0 unspecified atom stereocenters. The van der Waals surface area contributed by atoms with Gasteiger partial charge in [0.15, 0.2) is 0 Å². The third kappa shape index (κ3) is 5.04. The fourth-order valence-electron chi connectivity index (χ4n) is 2.59. The van der Waals surface area contributed by atoms with Crippen molar-refractivity contribution in [1.29, 1.82) is 0 Å². The summed E-state index contributed by atoms with van der Waals surface area (Å²) in [5.74, 6) is 0.641. The zero-order valence-electron chi connectivity index (χ0n) is 12.5. The zero-order valence-corrected chi connectivity index (χ0v) is 14.1. The van der Waals surface area contributed by atoms with Crippen LogP contribution in [0.15, 0.2) is 22.9 Å². The Morgan fingerprint density at radius 2 is 1.95 bits per heavy atom. The van der Waals surface area contributed by atoms with Gasteiger partial charge >= 0.3 is 0 Å². The van der Waals surface area contributed by atoms with Crippen molar-refractivity contribution in [3.05, 3.63) is 22.9 Å². The topological polar surface area (TPSA) is 31.4 Å². The Bertz CT molecular complexity index is 405. The minimum absolute atomic E-state index is 0.641. The molecule has 5 heteroatoms. The molecular weight excluding hydrogens is 316 g/mol. The number of nitrogens with zero attached hydrogens (tertiary/aromatic N) is 3. The fraction of sp³-hybridized carbons (Fsp3) is 0.667. The van der Waals surface area contributed by atoms with Gasteiger partial charge in [-0.15, -0.1) is 0 Å². The van der Waals surface area contributed by atoms with Crippen molar-refractivity contribution >= 4 is 21.6 Å². The van der Waals surface area contributed by atoms with Gasteiger partial charge in [-0.2, -0.15) is 0 Å². The summed E-state index contributed by atoms with van der Waals surface area (Å²) in [6.07, 6.45) is 3.68. The van der Waals surface area contributed by atoms with Crippen LogP contribution in [-0.2, 0) is 0 Å². The minimum Gasteiger partial charge on any atom is -0.383 e. The summed E-state index contributed by atoms with van der Waals surface area (Å²) in [7, 11) is 0. The van der Waals surface area contributed by atoms with Crippen LogP contribution in [0.2, 0.25) is 0 Å². The number of nitrogens with one attached hydrogen (secondary N) is 1. The number of aromatic nitrogens is 1. The average Bonchev–Trinajstić information content (AvgIpc) is 2.46. The maximum absolute atomic E-state index is 4.17. The molecule has 1 aliphatic heterocycles. The third-order valence-corrected chi connectivity index (χ3v) is 4.28. The second kappa shape index (κ2) is 7.96. The summed E-state index contributed by atoms with van der Waals surface area (Å²) in [4.78, 5) is 9.27. The van der Waals surface area contributed by atoms with E-state index in [0.717, 1.165) is 16.7 Å². The number of halogens is 1. The molecule has 0 aromatic carbocycles. The number of likely N-dealkylation sites (N-methyl/N-ethyl adjacent to an activating group) is 1. The van der Waals surface area contributed by atoms with Gasteiger partial charge in [0.1, 0.15) is 0 Å². The van der Waals surface area contributed by atoms with Crippen molar-refractivity contribution in [2.45, 2.75) is 13.8 Å². The molecule has 0 saturated carbocycles. The van der Waals surface area contributed by atoms with Crippen LogP contribution >= 0.6 is 15.9 Å². The van der Waals surface area contributed by atoms with Gasteiger partial charge in [0.25, 0.3) is 0 Å². The van der Waals surface area contributed by atoms with Crippen LogP contribution in [0.5, 0.6) is 0 Å². The molecule has 112 valence electrons. The first-order valence-corrected chi connectivity index (χ1v) is 8.25. The largest absolute Gasteiger partial charge is 0.383 e. The number of piperazine rings is 1. The molecule has 20 heavy (non-hydrogen) atoms. The first-order chi connectivity index (χ1) is 9.67. The molecule has 1 N–H and O–H groups in total. The Kier molecular flexibility index (Phi) is 6.26. The Balaban J connectivity index is 1.69. The Morgan fingerprint density at radius 3 is 2.60 bits per heavy atom. The van der Waals surface area contributed by atoms with E-state index < -0.39 is 0 Å². The van der Waals surface area contributed by atoms with Crippen molar-refractivity contribution in [3.63, 3.8) is 0 Å². The van der Waals surface area contributed by atoms with Gasteiger partial charge < -0.3 is 15.1 Å². The molecule has 0 spiro atoms. The zero-order chi connectivity index (χ0) is 14.4. The van der Waals surface area contributed by atoms with Gasteiger partial charge in [-0.3, -0.25) is 4.98 Å². The molecule has 4 nitrogen and oxygen atoms in total. The molecule has 1 aliphatic rings. The Hall–Kier alpha value is -0.650. The molecule has 1 atom stereocenters. The van der Waals surface area contributed by atoms with Gasteiger partial charge in [0.2, 0.25) is 0 Å². The minimum atomic E-state index is 0.641. The number of rotatable bonds is 6. The Labute approximate surface area is 130 Å². The predicted octanol–water partition coefficient (Wildman–Crippen LogP) is 2.53. The van der Waals surface area contributed by atoms with E-state index in [-0.39, 0.29) is 0 Å². The predicted molar refractivity (Wildman–Crippen MR) is 88.1 cm³/mol. The van der Waals surface area contributed by atoms with Gasteiger partial charge in [-0.25, -0.2) is 0 Å². The number of hydrogen-bond donors (Lipinski definition) is 1. The molecule has 1 fully saturated rings. The van der Waals surface area contributed by atoms with Crippen LogP contribution in [0.4, 0.5) is 5.69 Å². The molecular formula is C15H25BrN4. The lowest BCUT2D eigenvalue weighted by Crippen LogP contribution is -2.47. The number of pyridine rings is 1. The first-order valence-electron chi connectivity index (χ1n) is 7.46. The lowest BCUT2D eigenvalue weighted by atomic mass is 10.1. The van der Waals surface area contributed by atoms with Gasteiger partial charge in [-0.1, -0.05) is 13.8 Å². The number of anilines is 1. The summed E-state index contributed by atoms with van der Waals surface area (Å²) in [6, 6.07) is 2.07. The highest BCUT2D eigenvalue weighted by Crippen LogP contribution is 2.14. The molecule has 0 bridgehead atoms. The maximum atomic E-state index is 4.17. The first kappa shape index (κ1) is 15.7. The lowest BCUT2D eigenvalue weighted by Gasteiger charge is -2.35. The smallest absolute Gasteiger partial charge is 0.0538 e. The fourth-order valence-corrected chi connectivity index (χ4v) is 2.96. The summed E-state index contributed by atoms with van der Waals surface area (Å²) in [5.41, 5.74) is 1.09. The van der Waals surface area contributed by atoms with Crippen molar-refractivity contribution < 1.29 is 0 Å². The normalized spacial score (nSPS) is 18.9. The molecule has 1 aromatic rings. The average molecular weight is 341 g/mol. The summed E-state index contributed by atoms with van der Waals surface area (Å²) >= 11 is 3.45. The molecule has 2 heterocycles. The van der Waals surface area contributed by atoms with E-state index in [9.17, 15) is 0 Å². The van der Waals surface area contributed by atoms with Crippen molar-refractivity contribution in [1.82, 2.24) is 14.8 Å². The van der Waals surface area contributed by atoms with E-state index in [1.807, 2.05) is 12.4 Å². The molecule has 2 rings (SSSR count). The third-order valence-electron chi connectivity index (χ3n) is 3.84. The standard InChI is InChI=1S/C15H25BrN4/c1-3-19-4-6-20(7-5-19)12-13(2)9-18-15-8-14(16)10-17-11-15/h8,10-11,13,18H,3-7,9,12H2,1-2H3/t13-/m1/s1. The van der Waals surface area contributed by atoms with Crippen LogP contribution in [0.25, 0.3) is 0 Å². The highest BCUT2D eigenvalue weighted by Gasteiger charge is 2.17. The van der Waals surface area contributed by atoms with Gasteiger partial charge in [0.05, 0.1) is 11.9 Å². The SMILES string of the molecule is CCN1CCN(C[C@H](C)CNc2cncc(Br)c2)CC1. The van der Waals surface area contributed by atoms with Crippen molar-refractivity contribution in [2.24, 2.45) is 5.92 Å². The molecule has 0 aliphatic carbocycles. The summed E-state index contributed by atoms with van der Waals surface area (Å²) in [5, 5.41) is 3.47. The van der Waals surface area contributed by atoms with E-state index in [2.05, 4.69) is 55.9 Å². The van der Waals surface area contributed by atoms with Crippen molar-refractivity contribution in [2.75, 3.05) is 51.1 Å². The second-order valence-electron chi connectivity index (χ2n) is 5.61. The van der Waals surface area contributed by atoms with Crippen molar-refractivity contribution in [3.8, 4) is 0 Å². The van der Waals surface area contributed by atoms with Crippen LogP contribution in [0.3, 0.4) is 0 Å². The molecule has 1 aromatic heterocycles. The van der Waals surface area contributed by atoms with E-state index in [1.54, 1.807) is 0 Å². The van der Waals surface area contributed by atoms with Gasteiger partial charge in [0, 0.05) is 49.9 Å². The summed E-state index contributed by atoms with van der Waals surface area (Å²) in [6.45, 7) is 12.7. The van der Waals surface area contributed by atoms with E-state index in [1.165, 1.54) is 39.3 Å². The summed E-state index contributed by atoms with van der Waals surface area (Å²) < 4.78 is 1.02. The number of hydrogen-bond acceptors (Lipinski definition) is 4. The molecule has 1 saturated heterocycles. The molecule has 0 radical (unpaired) electrons. The van der Waals surface area contributed by atoms with Crippen LogP contribution in [0.1, 0.15) is 13.8 Å². The van der Waals surface area contributed by atoms with Crippen LogP contribution in [0, 0.1) is 5.92 Å². The highest BCUT2D eigenvalue weighted by atomic mass is 79.9. The van der Waals surface area contributed by atoms with Crippen LogP contribution in [-0.4, -0.2) is 60.6 Å². The van der Waals surface area contributed by atoms with Crippen LogP contribution < -0.4 is 5.32 Å². The Morgan fingerprint density at radius 1 is 1.25 bits per heavy atom. The molecule has 0 amide bonds.